The van der Waals surface area contributed by atoms with Gasteiger partial charge in [0.05, 0.1) is 25.2 Å². The van der Waals surface area contributed by atoms with Gasteiger partial charge in [0.25, 0.3) is 0 Å². The number of nitrogens with one attached hydrogen (secondary N) is 1. The van der Waals surface area contributed by atoms with Crippen molar-refractivity contribution in [1.82, 2.24) is 5.32 Å². The number of allylic oxidation sites excluding steroid dienone is 20. The van der Waals surface area contributed by atoms with Crippen LogP contribution >= 0.6 is 0 Å². The number of amides is 1. The number of hydrogen-bond acceptors (Lipinski definition) is 5. The predicted molar refractivity (Wildman–Crippen MR) is 277 cm³/mol. The van der Waals surface area contributed by atoms with E-state index in [0.29, 0.717) is 19.3 Å². The van der Waals surface area contributed by atoms with E-state index in [1.165, 1.54) is 77.0 Å². The van der Waals surface area contributed by atoms with Crippen LogP contribution in [0.2, 0.25) is 0 Å². The van der Waals surface area contributed by atoms with Gasteiger partial charge in [0.1, 0.15) is 6.10 Å². The number of unbranched alkanes of at least 4 members (excludes halogenated alkanes) is 20. The van der Waals surface area contributed by atoms with Crippen molar-refractivity contribution in [2.75, 3.05) is 6.61 Å². The van der Waals surface area contributed by atoms with Crippen LogP contribution in [-0.4, -0.2) is 46.9 Å². The van der Waals surface area contributed by atoms with Crippen LogP contribution in [0.5, 0.6) is 0 Å². The molecule has 64 heavy (non-hydrogen) atoms. The van der Waals surface area contributed by atoms with Crippen molar-refractivity contribution < 1.29 is 24.5 Å². The molecule has 0 spiro atoms. The zero-order valence-corrected chi connectivity index (χ0v) is 41.1. The van der Waals surface area contributed by atoms with Crippen molar-refractivity contribution in [3.05, 3.63) is 122 Å². The van der Waals surface area contributed by atoms with E-state index in [2.05, 4.69) is 74.7 Å². The largest absolute Gasteiger partial charge is 0.462 e. The molecule has 6 heteroatoms. The molecule has 0 aliphatic heterocycles. The number of carbonyl (C=O) groups is 2. The lowest BCUT2D eigenvalue weighted by atomic mass is 10.0. The van der Waals surface area contributed by atoms with E-state index in [1.54, 1.807) is 0 Å². The Morgan fingerprint density at radius 2 is 0.844 bits per heavy atom. The Morgan fingerprint density at radius 3 is 1.31 bits per heavy atom. The highest BCUT2D eigenvalue weighted by atomic mass is 16.5. The number of carbonyl (C=O) groups excluding carboxylic acids is 2. The summed E-state index contributed by atoms with van der Waals surface area (Å²) in [5, 5.41) is 23.7. The van der Waals surface area contributed by atoms with Gasteiger partial charge in [0.2, 0.25) is 5.91 Å². The maximum atomic E-state index is 13.2. The van der Waals surface area contributed by atoms with Crippen molar-refractivity contribution in [1.29, 1.82) is 0 Å². The van der Waals surface area contributed by atoms with Gasteiger partial charge in [0.15, 0.2) is 0 Å². The van der Waals surface area contributed by atoms with Gasteiger partial charge >= 0.3 is 5.97 Å². The summed E-state index contributed by atoms with van der Waals surface area (Å²) >= 11 is 0. The van der Waals surface area contributed by atoms with Crippen LogP contribution in [0.4, 0.5) is 0 Å². The average molecular weight is 886 g/mol. The Kier molecular flexibility index (Phi) is 47.3. The van der Waals surface area contributed by atoms with Gasteiger partial charge in [-0.25, -0.2) is 0 Å². The molecule has 0 aromatic rings. The fourth-order valence-electron chi connectivity index (χ4n) is 7.12. The fourth-order valence-corrected chi connectivity index (χ4v) is 7.12. The van der Waals surface area contributed by atoms with Crippen LogP contribution in [-0.2, 0) is 14.3 Å². The SMILES string of the molecule is CC\C=C/C=C/C=C/C=C\C=C\C=C\CCCCCC(=O)OC(CCCCC/C=C/C=C/C=C/C=C/CCCCC)CC(=O)NC(CO)C(O)CCCCCCCCCCCCCC. The molecule has 0 bridgehead atoms. The van der Waals surface area contributed by atoms with E-state index < -0.39 is 18.2 Å². The van der Waals surface area contributed by atoms with Crippen LogP contribution in [0.1, 0.15) is 207 Å². The molecule has 3 unspecified atom stereocenters. The van der Waals surface area contributed by atoms with Crippen molar-refractivity contribution in [2.45, 2.75) is 225 Å². The second-order valence-corrected chi connectivity index (χ2v) is 17.1. The number of hydrogen-bond donors (Lipinski definition) is 3. The second kappa shape index (κ2) is 50.3. The van der Waals surface area contributed by atoms with Crippen molar-refractivity contribution in [2.24, 2.45) is 0 Å². The molecule has 6 nitrogen and oxygen atoms in total. The standard InChI is InChI=1S/C58H95NO5/c1-4-7-10-13-16-19-22-25-27-29-31-33-36-39-42-45-48-51-58(63)64-54(49-46-43-40-37-34-32-30-28-26-23-20-17-14-11-8-5-2)52-57(62)59-55(53-60)56(61)50-47-44-41-38-35-24-21-18-15-12-9-6-3/h7,10,13,16-17,19-20,22-23,25-34,36,54-56,60-61H,4-6,8-9,11-12,14-15,18,21,24,35,37-53H2,1-3H3,(H,59,62)/b10-7-,16-13+,20-17+,22-19+,26-23+,27-25-,30-28+,31-29+,34-32+,36-33+. The van der Waals surface area contributed by atoms with Gasteiger partial charge < -0.3 is 20.3 Å². The van der Waals surface area contributed by atoms with Crippen molar-refractivity contribution in [3.8, 4) is 0 Å². The fraction of sp³-hybridized carbons (Fsp3) is 0.621. The molecule has 0 saturated heterocycles. The van der Waals surface area contributed by atoms with E-state index in [9.17, 15) is 19.8 Å². The summed E-state index contributed by atoms with van der Waals surface area (Å²) in [6, 6.07) is -0.733. The van der Waals surface area contributed by atoms with Crippen LogP contribution in [0.25, 0.3) is 0 Å². The Morgan fingerprint density at radius 1 is 0.469 bits per heavy atom. The first-order chi connectivity index (χ1) is 31.5. The number of rotatable bonds is 44. The molecule has 0 saturated carbocycles. The summed E-state index contributed by atoms with van der Waals surface area (Å²) in [6.07, 6.45) is 69.6. The monoisotopic (exact) mass is 886 g/mol. The van der Waals surface area contributed by atoms with Gasteiger partial charge in [-0.05, 0) is 70.6 Å². The summed E-state index contributed by atoms with van der Waals surface area (Å²) in [4.78, 5) is 26.2. The average Bonchev–Trinajstić information content (AvgIpc) is 3.29. The third kappa shape index (κ3) is 44.9. The minimum Gasteiger partial charge on any atom is -0.462 e. The molecular formula is C58H95NO5. The van der Waals surface area contributed by atoms with E-state index in [1.807, 2.05) is 72.9 Å². The Balaban J connectivity index is 4.81. The van der Waals surface area contributed by atoms with Crippen LogP contribution in [0.3, 0.4) is 0 Å². The summed E-state index contributed by atoms with van der Waals surface area (Å²) in [6.45, 7) is 6.26. The highest BCUT2D eigenvalue weighted by Crippen LogP contribution is 2.17. The van der Waals surface area contributed by atoms with E-state index in [0.717, 1.165) is 83.5 Å². The van der Waals surface area contributed by atoms with Crippen LogP contribution in [0, 0.1) is 0 Å². The van der Waals surface area contributed by atoms with Gasteiger partial charge in [-0.3, -0.25) is 9.59 Å². The van der Waals surface area contributed by atoms with Crippen LogP contribution < -0.4 is 5.32 Å². The topological polar surface area (TPSA) is 95.9 Å². The Labute approximate surface area is 393 Å². The quantitative estimate of drug-likeness (QED) is 0.0322. The number of esters is 1. The summed E-state index contributed by atoms with van der Waals surface area (Å²) in [5.41, 5.74) is 0. The molecule has 0 rings (SSSR count). The van der Waals surface area contributed by atoms with Gasteiger partial charge in [-0.1, -0.05) is 245 Å². The van der Waals surface area contributed by atoms with E-state index in [4.69, 9.17) is 4.74 Å². The molecule has 0 aromatic carbocycles. The third-order valence-corrected chi connectivity index (χ3v) is 11.0. The van der Waals surface area contributed by atoms with E-state index in [-0.39, 0.29) is 24.9 Å². The first kappa shape index (κ1) is 60.3. The molecule has 362 valence electrons. The van der Waals surface area contributed by atoms with Gasteiger partial charge in [0, 0.05) is 6.42 Å². The summed E-state index contributed by atoms with van der Waals surface area (Å²) in [7, 11) is 0. The number of aliphatic hydroxyl groups excluding tert-OH is 2. The molecule has 0 fully saturated rings. The maximum absolute atomic E-state index is 13.2. The normalized spacial score (nSPS) is 14.3. The lowest BCUT2D eigenvalue weighted by Crippen LogP contribution is -2.46. The summed E-state index contributed by atoms with van der Waals surface area (Å²) in [5.74, 6) is -0.576. The van der Waals surface area contributed by atoms with Crippen molar-refractivity contribution in [3.63, 3.8) is 0 Å². The highest BCUT2D eigenvalue weighted by Gasteiger charge is 2.24. The first-order valence-corrected chi connectivity index (χ1v) is 25.9. The molecule has 0 radical (unpaired) electrons. The molecule has 0 aliphatic carbocycles. The molecule has 3 N–H and O–H groups in total. The van der Waals surface area contributed by atoms with Crippen LogP contribution in [0.15, 0.2) is 122 Å². The molecular weight excluding hydrogens is 791 g/mol. The molecule has 0 aromatic heterocycles. The Hall–Kier alpha value is -3.74. The van der Waals surface area contributed by atoms with Crippen molar-refractivity contribution >= 4 is 11.9 Å². The molecule has 3 atom stereocenters. The first-order valence-electron chi connectivity index (χ1n) is 25.9. The third-order valence-electron chi connectivity index (χ3n) is 11.0. The molecule has 0 aliphatic rings. The van der Waals surface area contributed by atoms with Gasteiger partial charge in [-0.2, -0.15) is 0 Å². The van der Waals surface area contributed by atoms with Gasteiger partial charge in [-0.15, -0.1) is 0 Å². The van der Waals surface area contributed by atoms with E-state index >= 15 is 0 Å². The predicted octanol–water partition coefficient (Wildman–Crippen LogP) is 15.7. The summed E-state index contributed by atoms with van der Waals surface area (Å²) < 4.78 is 5.90. The zero-order chi connectivity index (χ0) is 46.7. The smallest absolute Gasteiger partial charge is 0.306 e. The minimum atomic E-state index is -0.815. The highest BCUT2D eigenvalue weighted by molar-refractivity contribution is 5.77. The Bertz CT molecular complexity index is 1360. The number of ether oxygens (including phenoxy) is 1. The lowest BCUT2D eigenvalue weighted by Gasteiger charge is -2.24. The second-order valence-electron chi connectivity index (χ2n) is 17.1. The maximum Gasteiger partial charge on any atom is 0.306 e. The lowest BCUT2D eigenvalue weighted by molar-refractivity contribution is -0.151. The molecule has 0 heterocycles. The minimum absolute atomic E-state index is 0.0250. The number of aliphatic hydroxyl groups is 2. The molecule has 1 amide bonds. The zero-order valence-electron chi connectivity index (χ0n) is 41.1.